The van der Waals surface area contributed by atoms with Crippen molar-refractivity contribution in [1.29, 1.82) is 5.26 Å². The summed E-state index contributed by atoms with van der Waals surface area (Å²) in [6.45, 7) is 2.34. The van der Waals surface area contributed by atoms with Gasteiger partial charge in [-0.2, -0.15) is 5.26 Å². The van der Waals surface area contributed by atoms with Gasteiger partial charge in [0.15, 0.2) is 5.76 Å². The maximum Gasteiger partial charge on any atom is 0.265 e. The third-order valence-electron chi connectivity index (χ3n) is 6.06. The van der Waals surface area contributed by atoms with Crippen LogP contribution < -0.4 is 14.8 Å². The SMILES string of the molecule is CCOc1ccccc1C1C(C#N)=C(N)OC2=C1S(=O)(=O)N(Cc1ccccc1)c1ccccc12. The lowest BCUT2D eigenvalue weighted by molar-refractivity contribution is 0.333. The molecule has 5 rings (SSSR count). The number of allylic oxidation sites excluding steroid dienone is 2. The van der Waals surface area contributed by atoms with Crippen molar-refractivity contribution >= 4 is 21.5 Å². The van der Waals surface area contributed by atoms with Gasteiger partial charge >= 0.3 is 0 Å². The van der Waals surface area contributed by atoms with E-state index in [1.807, 2.05) is 43.3 Å². The van der Waals surface area contributed by atoms with E-state index in [-0.39, 0.29) is 28.7 Å². The van der Waals surface area contributed by atoms with E-state index in [0.29, 0.717) is 29.2 Å². The van der Waals surface area contributed by atoms with Crippen LogP contribution in [-0.2, 0) is 21.3 Å². The fourth-order valence-corrected chi connectivity index (χ4v) is 6.45. The van der Waals surface area contributed by atoms with E-state index in [1.165, 1.54) is 4.31 Å². The van der Waals surface area contributed by atoms with E-state index in [1.54, 1.807) is 42.5 Å². The van der Waals surface area contributed by atoms with Gasteiger partial charge in [0.25, 0.3) is 10.0 Å². The van der Waals surface area contributed by atoms with Gasteiger partial charge in [-0.1, -0.05) is 60.7 Å². The molecule has 1 unspecified atom stereocenters. The Morgan fingerprint density at radius 3 is 2.46 bits per heavy atom. The Morgan fingerprint density at radius 1 is 1.03 bits per heavy atom. The summed E-state index contributed by atoms with van der Waals surface area (Å²) in [6, 6.07) is 25.7. The molecule has 176 valence electrons. The second-order valence-electron chi connectivity index (χ2n) is 8.10. The fourth-order valence-electron chi connectivity index (χ4n) is 4.55. The standard InChI is InChI=1S/C27H23N3O4S/c1-2-33-23-15-9-7-13-20(23)24-21(16-28)27(29)34-25-19-12-6-8-14-22(19)30(35(31,32)26(24)25)17-18-10-4-3-5-11-18/h3-15,24H,2,17,29H2,1H3. The van der Waals surface area contributed by atoms with E-state index < -0.39 is 15.9 Å². The van der Waals surface area contributed by atoms with Crippen LogP contribution >= 0.6 is 0 Å². The number of nitriles is 1. The minimum absolute atomic E-state index is 0.0231. The van der Waals surface area contributed by atoms with E-state index in [0.717, 1.165) is 5.56 Å². The molecule has 0 saturated heterocycles. The lowest BCUT2D eigenvalue weighted by atomic mass is 9.87. The summed E-state index contributed by atoms with van der Waals surface area (Å²) in [4.78, 5) is -0.0231. The predicted octanol–water partition coefficient (Wildman–Crippen LogP) is 4.61. The molecule has 0 spiro atoms. The predicted molar refractivity (Wildman–Crippen MR) is 133 cm³/mol. The largest absolute Gasteiger partial charge is 0.494 e. The van der Waals surface area contributed by atoms with E-state index in [2.05, 4.69) is 6.07 Å². The van der Waals surface area contributed by atoms with Crippen molar-refractivity contribution in [2.75, 3.05) is 10.9 Å². The Labute approximate surface area is 204 Å². The molecule has 0 aromatic heterocycles. The molecule has 3 aromatic rings. The van der Waals surface area contributed by atoms with Crippen LogP contribution in [0.3, 0.4) is 0 Å². The van der Waals surface area contributed by atoms with Crippen LogP contribution in [0.25, 0.3) is 5.76 Å². The van der Waals surface area contributed by atoms with Crippen LogP contribution in [-0.4, -0.2) is 15.0 Å². The Kier molecular flexibility index (Phi) is 5.71. The summed E-state index contributed by atoms with van der Waals surface area (Å²) in [5.74, 6) is -0.483. The van der Waals surface area contributed by atoms with Crippen molar-refractivity contribution in [2.24, 2.45) is 5.73 Å². The summed E-state index contributed by atoms with van der Waals surface area (Å²) in [5, 5.41) is 10.0. The first kappa shape index (κ1) is 22.6. The third-order valence-corrected chi connectivity index (χ3v) is 7.94. The molecule has 0 radical (unpaired) electrons. The lowest BCUT2D eigenvalue weighted by Crippen LogP contribution is -2.39. The van der Waals surface area contributed by atoms with Gasteiger partial charge in [-0.25, -0.2) is 8.42 Å². The molecule has 0 bridgehead atoms. The first-order chi connectivity index (χ1) is 17.0. The van der Waals surface area contributed by atoms with Crippen molar-refractivity contribution in [3.8, 4) is 11.8 Å². The lowest BCUT2D eigenvalue weighted by Gasteiger charge is -2.38. The average molecular weight is 486 g/mol. The number of hydrogen-bond donors (Lipinski definition) is 1. The number of rotatable bonds is 5. The minimum atomic E-state index is -4.14. The van der Waals surface area contributed by atoms with Crippen LogP contribution in [0.4, 0.5) is 5.69 Å². The number of nitrogens with zero attached hydrogens (tertiary/aromatic N) is 2. The summed E-state index contributed by atoms with van der Waals surface area (Å²) < 4.78 is 41.7. The zero-order chi connectivity index (χ0) is 24.6. The highest BCUT2D eigenvalue weighted by molar-refractivity contribution is 7.96. The molecule has 2 aliphatic rings. The number of ether oxygens (including phenoxy) is 2. The molecule has 3 aromatic carbocycles. The van der Waals surface area contributed by atoms with Crippen molar-refractivity contribution < 1.29 is 17.9 Å². The number of hydrogen-bond acceptors (Lipinski definition) is 6. The van der Waals surface area contributed by atoms with Crippen molar-refractivity contribution in [3.05, 3.63) is 112 Å². The molecule has 0 amide bonds. The Balaban J connectivity index is 1.78. The van der Waals surface area contributed by atoms with Gasteiger partial charge in [-0.05, 0) is 30.7 Å². The van der Waals surface area contributed by atoms with Gasteiger partial charge in [-0.3, -0.25) is 4.31 Å². The first-order valence-corrected chi connectivity index (χ1v) is 12.6. The van der Waals surface area contributed by atoms with Crippen LogP contribution in [0.2, 0.25) is 0 Å². The monoisotopic (exact) mass is 485 g/mol. The van der Waals surface area contributed by atoms with Gasteiger partial charge in [0.2, 0.25) is 5.88 Å². The number of para-hydroxylation sites is 2. The fraction of sp³-hybridized carbons (Fsp3) is 0.148. The summed E-state index contributed by atoms with van der Waals surface area (Å²) >= 11 is 0. The van der Waals surface area contributed by atoms with Gasteiger partial charge in [0.1, 0.15) is 22.3 Å². The quantitative estimate of drug-likeness (QED) is 0.566. The number of anilines is 1. The Morgan fingerprint density at radius 2 is 1.71 bits per heavy atom. The van der Waals surface area contributed by atoms with Crippen LogP contribution in [0.15, 0.2) is 95.2 Å². The van der Waals surface area contributed by atoms with Crippen molar-refractivity contribution in [3.63, 3.8) is 0 Å². The van der Waals surface area contributed by atoms with Crippen molar-refractivity contribution in [2.45, 2.75) is 19.4 Å². The molecule has 0 saturated carbocycles. The smallest absolute Gasteiger partial charge is 0.265 e. The zero-order valence-electron chi connectivity index (χ0n) is 19.0. The molecule has 0 aliphatic carbocycles. The second kappa shape index (κ2) is 8.85. The molecule has 2 aliphatic heterocycles. The molecular weight excluding hydrogens is 462 g/mol. The highest BCUT2D eigenvalue weighted by atomic mass is 32.2. The van der Waals surface area contributed by atoms with Crippen LogP contribution in [0, 0.1) is 11.3 Å². The molecule has 35 heavy (non-hydrogen) atoms. The number of benzene rings is 3. The molecule has 0 fully saturated rings. The highest BCUT2D eigenvalue weighted by Gasteiger charge is 2.47. The van der Waals surface area contributed by atoms with E-state index in [9.17, 15) is 13.7 Å². The third kappa shape index (κ3) is 3.70. The summed E-state index contributed by atoms with van der Waals surface area (Å²) in [7, 11) is -4.14. The average Bonchev–Trinajstić information content (AvgIpc) is 2.87. The minimum Gasteiger partial charge on any atom is -0.494 e. The van der Waals surface area contributed by atoms with Gasteiger partial charge in [-0.15, -0.1) is 0 Å². The van der Waals surface area contributed by atoms with Crippen LogP contribution in [0.1, 0.15) is 29.5 Å². The number of nitrogens with two attached hydrogens (primary N) is 1. The summed E-state index contributed by atoms with van der Waals surface area (Å²) in [6.07, 6.45) is 0. The first-order valence-electron chi connectivity index (χ1n) is 11.2. The maximum atomic E-state index is 14.3. The highest BCUT2D eigenvalue weighted by Crippen LogP contribution is 2.52. The maximum absolute atomic E-state index is 14.3. The van der Waals surface area contributed by atoms with E-state index in [4.69, 9.17) is 15.2 Å². The second-order valence-corrected chi connectivity index (χ2v) is 9.93. The topological polar surface area (TPSA) is 106 Å². The van der Waals surface area contributed by atoms with Gasteiger partial charge in [0.05, 0.1) is 24.8 Å². The van der Waals surface area contributed by atoms with Gasteiger partial charge in [0, 0.05) is 11.1 Å². The van der Waals surface area contributed by atoms with E-state index >= 15 is 0 Å². The number of fused-ring (bicyclic) bond motifs is 2. The van der Waals surface area contributed by atoms with Crippen LogP contribution in [0.5, 0.6) is 5.75 Å². The van der Waals surface area contributed by atoms with Gasteiger partial charge < -0.3 is 15.2 Å². The molecular formula is C27H23N3O4S. The molecule has 7 nitrogen and oxygen atoms in total. The summed E-state index contributed by atoms with van der Waals surface area (Å²) in [5.41, 5.74) is 8.67. The molecule has 8 heteroatoms. The van der Waals surface area contributed by atoms with Crippen molar-refractivity contribution in [1.82, 2.24) is 0 Å². The molecule has 2 N–H and O–H groups in total. The zero-order valence-corrected chi connectivity index (χ0v) is 19.8. The number of sulfonamides is 1. The molecule has 1 atom stereocenters. The Bertz CT molecular complexity index is 1500. The molecule has 2 heterocycles. The Hall–Kier alpha value is -4.22. The normalized spacial score (nSPS) is 18.3.